The number of carbonyl (C=O) groups is 2. The van der Waals surface area contributed by atoms with E-state index in [1.54, 1.807) is 36.4 Å². The Hall–Kier alpha value is -3.35. The Morgan fingerprint density at radius 1 is 1.07 bits per heavy atom. The molecule has 0 aliphatic carbocycles. The first kappa shape index (κ1) is 18.4. The summed E-state index contributed by atoms with van der Waals surface area (Å²) in [6.07, 6.45) is 3.94. The number of carboxylic acid groups (broad SMARTS) is 1. The minimum Gasteiger partial charge on any atom is -0.482 e. The SMILES string of the molecule is O=C(O)COc1ccc(/C=N\NC(=O)c2ccc(N3CCCC3)cc2)cc1. The van der Waals surface area contributed by atoms with Gasteiger partial charge in [-0.25, -0.2) is 10.2 Å². The Labute approximate surface area is 157 Å². The standard InChI is InChI=1S/C20H21N3O4/c24-19(25)14-27-18-9-3-15(4-10-18)13-21-22-20(26)16-5-7-17(8-6-16)23-11-1-2-12-23/h3-10,13H,1-2,11-12,14H2,(H,22,26)(H,24,25)/b21-13-. The molecule has 1 aliphatic heterocycles. The highest BCUT2D eigenvalue weighted by Gasteiger charge is 2.12. The van der Waals surface area contributed by atoms with Crippen molar-refractivity contribution in [1.29, 1.82) is 0 Å². The van der Waals surface area contributed by atoms with Crippen molar-refractivity contribution < 1.29 is 19.4 Å². The summed E-state index contributed by atoms with van der Waals surface area (Å²) in [5.41, 5.74) is 4.94. The maximum atomic E-state index is 12.2. The summed E-state index contributed by atoms with van der Waals surface area (Å²) in [6, 6.07) is 14.2. The predicted molar refractivity (Wildman–Crippen MR) is 103 cm³/mol. The quantitative estimate of drug-likeness (QED) is 0.580. The van der Waals surface area contributed by atoms with E-state index >= 15 is 0 Å². The lowest BCUT2D eigenvalue weighted by Gasteiger charge is -2.17. The Morgan fingerprint density at radius 2 is 1.74 bits per heavy atom. The molecule has 3 rings (SSSR count). The smallest absolute Gasteiger partial charge is 0.341 e. The van der Waals surface area contributed by atoms with Crippen LogP contribution in [0.15, 0.2) is 53.6 Å². The summed E-state index contributed by atoms with van der Waals surface area (Å²) < 4.78 is 5.05. The first-order valence-electron chi connectivity index (χ1n) is 8.75. The zero-order valence-electron chi connectivity index (χ0n) is 14.8. The molecule has 0 atom stereocenters. The van der Waals surface area contributed by atoms with Crippen LogP contribution in [0, 0.1) is 0 Å². The van der Waals surface area contributed by atoms with Gasteiger partial charge < -0.3 is 14.7 Å². The summed E-state index contributed by atoms with van der Waals surface area (Å²) in [5, 5.41) is 12.5. The fourth-order valence-electron chi connectivity index (χ4n) is 2.82. The highest BCUT2D eigenvalue weighted by atomic mass is 16.5. The van der Waals surface area contributed by atoms with E-state index in [2.05, 4.69) is 15.4 Å². The van der Waals surface area contributed by atoms with Crippen molar-refractivity contribution in [3.05, 3.63) is 59.7 Å². The molecule has 0 spiro atoms. The first-order valence-corrected chi connectivity index (χ1v) is 8.75. The molecule has 7 nitrogen and oxygen atoms in total. The van der Waals surface area contributed by atoms with E-state index in [1.165, 1.54) is 19.1 Å². The topological polar surface area (TPSA) is 91.2 Å². The van der Waals surface area contributed by atoms with E-state index in [9.17, 15) is 9.59 Å². The summed E-state index contributed by atoms with van der Waals surface area (Å²) in [5.74, 6) is -0.853. The number of carboxylic acids is 1. The number of amides is 1. The molecular weight excluding hydrogens is 346 g/mol. The third-order valence-electron chi connectivity index (χ3n) is 4.22. The van der Waals surface area contributed by atoms with Gasteiger partial charge in [0.1, 0.15) is 5.75 Å². The lowest BCUT2D eigenvalue weighted by molar-refractivity contribution is -0.139. The van der Waals surface area contributed by atoms with Gasteiger partial charge in [-0.05, 0) is 66.9 Å². The molecule has 2 aromatic rings. The molecule has 1 saturated heterocycles. The zero-order valence-corrected chi connectivity index (χ0v) is 14.8. The second-order valence-electron chi connectivity index (χ2n) is 6.19. The molecule has 0 radical (unpaired) electrons. The molecule has 1 heterocycles. The number of hydrazone groups is 1. The largest absolute Gasteiger partial charge is 0.482 e. The van der Waals surface area contributed by atoms with Crippen LogP contribution in [0.25, 0.3) is 0 Å². The molecule has 1 fully saturated rings. The normalized spacial score (nSPS) is 13.7. The van der Waals surface area contributed by atoms with E-state index in [4.69, 9.17) is 9.84 Å². The maximum absolute atomic E-state index is 12.2. The van der Waals surface area contributed by atoms with Crippen LogP contribution in [0.4, 0.5) is 5.69 Å². The summed E-state index contributed by atoms with van der Waals surface area (Å²) in [6.45, 7) is 1.74. The third kappa shape index (κ3) is 5.31. The van der Waals surface area contributed by atoms with Crippen LogP contribution in [0.3, 0.4) is 0 Å². The number of benzene rings is 2. The van der Waals surface area contributed by atoms with Crippen molar-refractivity contribution in [1.82, 2.24) is 5.43 Å². The van der Waals surface area contributed by atoms with E-state index in [0.717, 1.165) is 24.3 Å². The fourth-order valence-corrected chi connectivity index (χ4v) is 2.82. The van der Waals surface area contributed by atoms with E-state index in [0.29, 0.717) is 11.3 Å². The predicted octanol–water partition coefficient (Wildman–Crippen LogP) is 2.51. The second-order valence-corrected chi connectivity index (χ2v) is 6.19. The molecular formula is C20H21N3O4. The average molecular weight is 367 g/mol. The van der Waals surface area contributed by atoms with Gasteiger partial charge in [-0.3, -0.25) is 4.79 Å². The lowest BCUT2D eigenvalue weighted by atomic mass is 10.2. The van der Waals surface area contributed by atoms with Gasteiger partial charge in [0, 0.05) is 24.3 Å². The minimum atomic E-state index is -1.03. The fraction of sp³-hybridized carbons (Fsp3) is 0.250. The molecule has 1 aliphatic rings. The van der Waals surface area contributed by atoms with Gasteiger partial charge in [-0.1, -0.05) is 0 Å². The van der Waals surface area contributed by atoms with E-state index in [-0.39, 0.29) is 12.5 Å². The Morgan fingerprint density at radius 3 is 2.37 bits per heavy atom. The van der Waals surface area contributed by atoms with Crippen molar-refractivity contribution in [2.75, 3.05) is 24.6 Å². The van der Waals surface area contributed by atoms with Crippen LogP contribution in [-0.4, -0.2) is 42.9 Å². The van der Waals surface area contributed by atoms with E-state index in [1.807, 2.05) is 12.1 Å². The molecule has 7 heteroatoms. The van der Waals surface area contributed by atoms with Gasteiger partial charge in [0.2, 0.25) is 0 Å². The van der Waals surface area contributed by atoms with E-state index < -0.39 is 5.97 Å². The van der Waals surface area contributed by atoms with Gasteiger partial charge in [-0.15, -0.1) is 0 Å². The second kappa shape index (κ2) is 8.84. The Kier molecular flexibility index (Phi) is 6.04. The lowest BCUT2D eigenvalue weighted by Crippen LogP contribution is -2.19. The van der Waals surface area contributed by atoms with Crippen LogP contribution in [0.1, 0.15) is 28.8 Å². The number of hydrogen-bond acceptors (Lipinski definition) is 5. The molecule has 2 N–H and O–H groups in total. The number of aliphatic carboxylic acids is 1. The summed E-state index contributed by atoms with van der Waals surface area (Å²) in [7, 11) is 0. The van der Waals surface area contributed by atoms with Gasteiger partial charge in [0.25, 0.3) is 5.91 Å². The van der Waals surface area contributed by atoms with Crippen molar-refractivity contribution >= 4 is 23.8 Å². The van der Waals surface area contributed by atoms with Crippen LogP contribution >= 0.6 is 0 Å². The van der Waals surface area contributed by atoms with Gasteiger partial charge in [0.15, 0.2) is 6.61 Å². The van der Waals surface area contributed by atoms with Crippen molar-refractivity contribution in [3.63, 3.8) is 0 Å². The van der Waals surface area contributed by atoms with Crippen molar-refractivity contribution in [3.8, 4) is 5.75 Å². The average Bonchev–Trinajstić information content (AvgIpc) is 3.22. The first-order chi connectivity index (χ1) is 13.1. The number of nitrogens with zero attached hydrogens (tertiary/aromatic N) is 2. The monoisotopic (exact) mass is 367 g/mol. The zero-order chi connectivity index (χ0) is 19.1. The van der Waals surface area contributed by atoms with Gasteiger partial charge >= 0.3 is 5.97 Å². The third-order valence-corrected chi connectivity index (χ3v) is 4.22. The minimum absolute atomic E-state index is 0.277. The van der Waals surface area contributed by atoms with Crippen molar-refractivity contribution in [2.24, 2.45) is 5.10 Å². The maximum Gasteiger partial charge on any atom is 0.341 e. The van der Waals surface area contributed by atoms with Crippen LogP contribution in [-0.2, 0) is 4.79 Å². The number of hydrogen-bond donors (Lipinski definition) is 2. The Balaban J connectivity index is 1.51. The molecule has 0 saturated carbocycles. The molecule has 2 aromatic carbocycles. The van der Waals surface area contributed by atoms with Gasteiger partial charge in [0.05, 0.1) is 6.21 Å². The number of carbonyl (C=O) groups excluding carboxylic acids is 1. The number of anilines is 1. The van der Waals surface area contributed by atoms with Crippen molar-refractivity contribution in [2.45, 2.75) is 12.8 Å². The molecule has 27 heavy (non-hydrogen) atoms. The Bertz CT molecular complexity index is 810. The highest BCUT2D eigenvalue weighted by molar-refractivity contribution is 5.95. The molecule has 0 unspecified atom stereocenters. The van der Waals surface area contributed by atoms with Crippen LogP contribution in [0.5, 0.6) is 5.75 Å². The van der Waals surface area contributed by atoms with Crippen LogP contribution < -0.4 is 15.1 Å². The number of nitrogens with one attached hydrogen (secondary N) is 1. The number of ether oxygens (including phenoxy) is 1. The highest BCUT2D eigenvalue weighted by Crippen LogP contribution is 2.20. The summed E-state index contributed by atoms with van der Waals surface area (Å²) in [4.78, 5) is 24.9. The number of rotatable bonds is 7. The molecule has 0 bridgehead atoms. The summed E-state index contributed by atoms with van der Waals surface area (Å²) >= 11 is 0. The molecule has 0 aromatic heterocycles. The van der Waals surface area contributed by atoms with Gasteiger partial charge in [-0.2, -0.15) is 5.10 Å². The molecule has 140 valence electrons. The molecule has 1 amide bonds. The van der Waals surface area contributed by atoms with Crippen LogP contribution in [0.2, 0.25) is 0 Å².